The molecule has 0 aliphatic carbocycles. The van der Waals surface area contributed by atoms with Gasteiger partial charge in [-0.1, -0.05) is 309 Å². The van der Waals surface area contributed by atoms with Gasteiger partial charge in [0, 0.05) is 12.8 Å². The van der Waals surface area contributed by atoms with Crippen LogP contribution in [0.4, 0.5) is 0 Å². The molecule has 6 nitrogen and oxygen atoms in total. The molecule has 1 amide bonds. The second-order valence-corrected chi connectivity index (χ2v) is 22.1. The first kappa shape index (κ1) is 68.6. The Morgan fingerprint density at radius 3 is 1.04 bits per heavy atom. The van der Waals surface area contributed by atoms with Crippen molar-refractivity contribution in [1.29, 1.82) is 0 Å². The fraction of sp³-hybridized carbons (Fsp3) is 0.938. The van der Waals surface area contributed by atoms with Crippen molar-refractivity contribution in [2.45, 2.75) is 373 Å². The van der Waals surface area contributed by atoms with E-state index < -0.39 is 12.1 Å². The number of rotatable bonds is 60. The first-order chi connectivity index (χ1) is 34.5. The van der Waals surface area contributed by atoms with E-state index in [1.54, 1.807) is 0 Å². The SMILES string of the molecule is CCCCC/C=C\CCCCCCCC(=O)OCCCCCCCCCCCCCCCCCCCCCCCCCC(=O)NC(CO)C(O)CCCCCCCCCCCCCCCCCCCC. The topological polar surface area (TPSA) is 95.9 Å². The summed E-state index contributed by atoms with van der Waals surface area (Å²) in [6, 6.07) is -0.541. The Kier molecular flexibility index (Phi) is 59.0. The minimum Gasteiger partial charge on any atom is -0.466 e. The highest BCUT2D eigenvalue weighted by Crippen LogP contribution is 2.18. The van der Waals surface area contributed by atoms with Crippen LogP contribution in [0, 0.1) is 0 Å². The molecule has 0 aliphatic heterocycles. The van der Waals surface area contributed by atoms with Crippen LogP contribution < -0.4 is 5.32 Å². The summed E-state index contributed by atoms with van der Waals surface area (Å²) < 4.78 is 5.47. The summed E-state index contributed by atoms with van der Waals surface area (Å²) >= 11 is 0. The molecule has 0 rings (SSSR count). The molecule has 0 saturated heterocycles. The summed E-state index contributed by atoms with van der Waals surface area (Å²) in [4.78, 5) is 24.5. The smallest absolute Gasteiger partial charge is 0.305 e. The monoisotopic (exact) mass is 988 g/mol. The minimum atomic E-state index is -0.664. The highest BCUT2D eigenvalue weighted by atomic mass is 16.5. The Bertz CT molecular complexity index is 1050. The third-order valence-electron chi connectivity index (χ3n) is 15.1. The van der Waals surface area contributed by atoms with Crippen molar-refractivity contribution >= 4 is 11.9 Å². The summed E-state index contributed by atoms with van der Waals surface area (Å²) in [5.41, 5.74) is 0. The molecule has 0 bridgehead atoms. The van der Waals surface area contributed by atoms with Gasteiger partial charge in [-0.25, -0.2) is 0 Å². The molecule has 0 aromatic rings. The van der Waals surface area contributed by atoms with Crippen molar-refractivity contribution in [1.82, 2.24) is 5.32 Å². The predicted molar refractivity (Wildman–Crippen MR) is 306 cm³/mol. The van der Waals surface area contributed by atoms with Crippen molar-refractivity contribution in [3.8, 4) is 0 Å². The molecule has 0 aliphatic rings. The molecule has 0 aromatic carbocycles. The average Bonchev–Trinajstić information content (AvgIpc) is 3.36. The van der Waals surface area contributed by atoms with Crippen LogP contribution in [0.15, 0.2) is 12.2 Å². The molecule has 0 heterocycles. The Hall–Kier alpha value is -1.40. The molecule has 416 valence electrons. The van der Waals surface area contributed by atoms with Crippen LogP contribution in [-0.2, 0) is 14.3 Å². The van der Waals surface area contributed by atoms with E-state index >= 15 is 0 Å². The number of carbonyl (C=O) groups excluding carboxylic acids is 2. The van der Waals surface area contributed by atoms with Crippen molar-refractivity contribution in [2.75, 3.05) is 13.2 Å². The molecule has 70 heavy (non-hydrogen) atoms. The largest absolute Gasteiger partial charge is 0.466 e. The number of ether oxygens (including phenoxy) is 1. The molecule has 6 heteroatoms. The fourth-order valence-corrected chi connectivity index (χ4v) is 10.2. The second kappa shape index (κ2) is 60.2. The zero-order valence-corrected chi connectivity index (χ0v) is 47.5. The Labute approximate surface area is 438 Å². The number of esters is 1. The van der Waals surface area contributed by atoms with Crippen molar-refractivity contribution in [3.63, 3.8) is 0 Å². The van der Waals surface area contributed by atoms with E-state index in [4.69, 9.17) is 4.74 Å². The van der Waals surface area contributed by atoms with Gasteiger partial charge in [0.05, 0.1) is 25.4 Å². The van der Waals surface area contributed by atoms with E-state index in [2.05, 4.69) is 31.3 Å². The van der Waals surface area contributed by atoms with Gasteiger partial charge < -0.3 is 20.3 Å². The fourth-order valence-electron chi connectivity index (χ4n) is 10.2. The van der Waals surface area contributed by atoms with E-state index in [1.165, 1.54) is 283 Å². The second-order valence-electron chi connectivity index (χ2n) is 22.1. The van der Waals surface area contributed by atoms with Crippen LogP contribution in [0.5, 0.6) is 0 Å². The van der Waals surface area contributed by atoms with Crippen LogP contribution in [0.2, 0.25) is 0 Å². The molecule has 2 atom stereocenters. The molecule has 0 fully saturated rings. The third-order valence-corrected chi connectivity index (χ3v) is 15.1. The first-order valence-electron chi connectivity index (χ1n) is 31.9. The first-order valence-corrected chi connectivity index (χ1v) is 31.9. The maximum absolute atomic E-state index is 12.5. The Balaban J connectivity index is 3.37. The summed E-state index contributed by atoms with van der Waals surface area (Å²) in [7, 11) is 0. The lowest BCUT2D eigenvalue weighted by atomic mass is 10.0. The maximum atomic E-state index is 12.5. The van der Waals surface area contributed by atoms with Crippen LogP contribution >= 0.6 is 0 Å². The standard InChI is InChI=1S/C64H125NO5/c1-3-5-7-9-11-13-15-17-18-19-27-30-33-36-40-44-48-52-56-62(67)61(60-66)65-63(68)57-53-49-45-41-37-34-31-28-25-23-21-20-22-24-26-29-32-35-39-43-47-51-55-59-70-64(69)58-54-50-46-42-38-16-14-12-10-8-6-4-2/h12,14,61-62,66-67H,3-11,13,15-60H2,1-2H3,(H,65,68)/b14-12-. The van der Waals surface area contributed by atoms with Gasteiger partial charge in [-0.05, 0) is 51.4 Å². The van der Waals surface area contributed by atoms with Gasteiger partial charge in [0.1, 0.15) is 0 Å². The normalized spacial score (nSPS) is 12.6. The molecule has 3 N–H and O–H groups in total. The number of nitrogens with one attached hydrogen (secondary N) is 1. The van der Waals surface area contributed by atoms with Crippen molar-refractivity contribution in [2.24, 2.45) is 0 Å². The van der Waals surface area contributed by atoms with Gasteiger partial charge in [0.25, 0.3) is 0 Å². The molecule has 0 radical (unpaired) electrons. The van der Waals surface area contributed by atoms with E-state index in [9.17, 15) is 19.8 Å². The average molecular weight is 989 g/mol. The maximum Gasteiger partial charge on any atom is 0.305 e. The van der Waals surface area contributed by atoms with Crippen molar-refractivity contribution < 1.29 is 24.5 Å². The lowest BCUT2D eigenvalue weighted by Crippen LogP contribution is -2.45. The Morgan fingerprint density at radius 1 is 0.386 bits per heavy atom. The van der Waals surface area contributed by atoms with Crippen molar-refractivity contribution in [3.05, 3.63) is 12.2 Å². The molecule has 0 aromatic heterocycles. The highest BCUT2D eigenvalue weighted by Gasteiger charge is 2.20. The quantitative estimate of drug-likeness (QED) is 0.0321. The Morgan fingerprint density at radius 2 is 0.671 bits per heavy atom. The van der Waals surface area contributed by atoms with Gasteiger partial charge >= 0.3 is 5.97 Å². The molecule has 0 saturated carbocycles. The third kappa shape index (κ3) is 55.9. The van der Waals surface area contributed by atoms with Gasteiger partial charge in [0.15, 0.2) is 0 Å². The van der Waals surface area contributed by atoms with Gasteiger partial charge in [-0.15, -0.1) is 0 Å². The molecule has 2 unspecified atom stereocenters. The zero-order valence-electron chi connectivity index (χ0n) is 47.5. The minimum absolute atomic E-state index is 0.00506. The van der Waals surface area contributed by atoms with E-state index in [-0.39, 0.29) is 18.5 Å². The zero-order chi connectivity index (χ0) is 50.7. The van der Waals surface area contributed by atoms with Crippen LogP contribution in [0.25, 0.3) is 0 Å². The predicted octanol–water partition coefficient (Wildman–Crippen LogP) is 20.0. The number of aliphatic hydroxyl groups excluding tert-OH is 2. The number of allylic oxidation sites excluding steroid dienone is 2. The van der Waals surface area contributed by atoms with Crippen LogP contribution in [0.1, 0.15) is 361 Å². The lowest BCUT2D eigenvalue weighted by Gasteiger charge is -2.22. The van der Waals surface area contributed by atoms with E-state index in [1.807, 2.05) is 0 Å². The van der Waals surface area contributed by atoms with Gasteiger partial charge in [0.2, 0.25) is 5.91 Å². The summed E-state index contributed by atoms with van der Waals surface area (Å²) in [6.45, 7) is 4.96. The molecular formula is C64H125NO5. The summed E-state index contributed by atoms with van der Waals surface area (Å²) in [5.74, 6) is -0.0259. The van der Waals surface area contributed by atoms with Crippen LogP contribution in [0.3, 0.4) is 0 Å². The van der Waals surface area contributed by atoms with Crippen LogP contribution in [-0.4, -0.2) is 47.4 Å². The highest BCUT2D eigenvalue weighted by molar-refractivity contribution is 5.76. The molecule has 0 spiro atoms. The molecular weight excluding hydrogens is 863 g/mol. The van der Waals surface area contributed by atoms with Gasteiger partial charge in [-0.2, -0.15) is 0 Å². The summed E-state index contributed by atoms with van der Waals surface area (Å²) in [5, 5.41) is 23.4. The number of amides is 1. The summed E-state index contributed by atoms with van der Waals surface area (Å²) in [6.07, 6.45) is 72.3. The van der Waals surface area contributed by atoms with E-state index in [0.717, 1.165) is 44.9 Å². The lowest BCUT2D eigenvalue weighted by molar-refractivity contribution is -0.143. The number of carbonyl (C=O) groups is 2. The number of unbranched alkanes of at least 4 members (excludes halogenated alkanes) is 47. The number of hydrogen-bond donors (Lipinski definition) is 3. The van der Waals surface area contributed by atoms with E-state index in [0.29, 0.717) is 25.9 Å². The number of aliphatic hydroxyl groups is 2. The van der Waals surface area contributed by atoms with Gasteiger partial charge in [-0.3, -0.25) is 9.59 Å². The number of hydrogen-bond acceptors (Lipinski definition) is 5.